The highest BCUT2D eigenvalue weighted by Gasteiger charge is 2.17. The van der Waals surface area contributed by atoms with Gasteiger partial charge in [0.25, 0.3) is 0 Å². The van der Waals surface area contributed by atoms with Crippen LogP contribution in [0.1, 0.15) is 18.9 Å². The van der Waals surface area contributed by atoms with Crippen molar-refractivity contribution in [2.24, 2.45) is 0 Å². The molecule has 2 N–H and O–H groups in total. The molecule has 0 amide bonds. The van der Waals surface area contributed by atoms with Gasteiger partial charge in [-0.3, -0.25) is 0 Å². The molecular weight excluding hydrogens is 257 g/mol. The largest absolute Gasteiger partial charge is 0.395 e. The Morgan fingerprint density at radius 3 is 2.72 bits per heavy atom. The minimum absolute atomic E-state index is 0.0671. The van der Waals surface area contributed by atoms with Crippen molar-refractivity contribution < 1.29 is 17.9 Å². The molecule has 1 aromatic carbocycles. The zero-order valence-corrected chi connectivity index (χ0v) is 10.7. The molecule has 0 aliphatic carbocycles. The minimum atomic E-state index is -3.80. The SMILES string of the molecule is CCNS(=O)(=O)c1ccc(C#CCCO)cc1F. The van der Waals surface area contributed by atoms with Crippen LogP contribution in [-0.4, -0.2) is 26.7 Å². The third kappa shape index (κ3) is 3.81. The fourth-order valence-corrected chi connectivity index (χ4v) is 2.38. The summed E-state index contributed by atoms with van der Waals surface area (Å²) in [4.78, 5) is -0.392. The van der Waals surface area contributed by atoms with E-state index in [4.69, 9.17) is 5.11 Å². The summed E-state index contributed by atoms with van der Waals surface area (Å²) in [5.74, 6) is 4.42. The molecule has 0 bridgehead atoms. The van der Waals surface area contributed by atoms with E-state index in [1.165, 1.54) is 12.1 Å². The van der Waals surface area contributed by atoms with Crippen LogP contribution < -0.4 is 4.72 Å². The summed E-state index contributed by atoms with van der Waals surface area (Å²) in [5.41, 5.74) is 0.372. The van der Waals surface area contributed by atoms with Crippen molar-refractivity contribution in [3.63, 3.8) is 0 Å². The predicted octanol–water partition coefficient (Wildman–Crippen LogP) is 0.858. The van der Waals surface area contributed by atoms with E-state index in [0.29, 0.717) is 12.0 Å². The molecule has 0 aromatic heterocycles. The lowest BCUT2D eigenvalue weighted by Gasteiger charge is -2.05. The zero-order valence-electron chi connectivity index (χ0n) is 9.90. The van der Waals surface area contributed by atoms with Crippen molar-refractivity contribution in [2.75, 3.05) is 13.2 Å². The van der Waals surface area contributed by atoms with Gasteiger partial charge < -0.3 is 5.11 Å². The first-order chi connectivity index (χ1) is 8.51. The van der Waals surface area contributed by atoms with Crippen molar-refractivity contribution in [1.29, 1.82) is 0 Å². The molecule has 1 rings (SSSR count). The number of aliphatic hydroxyl groups excluding tert-OH is 1. The van der Waals surface area contributed by atoms with E-state index >= 15 is 0 Å². The molecule has 18 heavy (non-hydrogen) atoms. The van der Waals surface area contributed by atoms with Crippen LogP contribution in [-0.2, 0) is 10.0 Å². The monoisotopic (exact) mass is 271 g/mol. The Kier molecular flexibility index (Phi) is 5.28. The summed E-state index contributed by atoms with van der Waals surface area (Å²) < 4.78 is 39.1. The number of hydrogen-bond donors (Lipinski definition) is 2. The van der Waals surface area contributed by atoms with E-state index < -0.39 is 20.7 Å². The van der Waals surface area contributed by atoms with Gasteiger partial charge in [0, 0.05) is 18.5 Å². The maximum atomic E-state index is 13.6. The van der Waals surface area contributed by atoms with Gasteiger partial charge in [-0.05, 0) is 18.2 Å². The van der Waals surface area contributed by atoms with E-state index in [1.807, 2.05) is 0 Å². The third-order valence-corrected chi connectivity index (χ3v) is 3.60. The molecule has 0 saturated heterocycles. The lowest BCUT2D eigenvalue weighted by molar-refractivity contribution is 0.305. The van der Waals surface area contributed by atoms with Crippen molar-refractivity contribution in [2.45, 2.75) is 18.2 Å². The standard InChI is InChI=1S/C12H14FNO3S/c1-2-14-18(16,17)12-7-6-10(9-11(12)13)5-3-4-8-15/h6-7,9,14-15H,2,4,8H2,1H3. The minimum Gasteiger partial charge on any atom is -0.395 e. The molecule has 1 aromatic rings. The van der Waals surface area contributed by atoms with Gasteiger partial charge in [0.1, 0.15) is 10.7 Å². The average Bonchev–Trinajstić information content (AvgIpc) is 2.29. The Morgan fingerprint density at radius 1 is 1.44 bits per heavy atom. The van der Waals surface area contributed by atoms with Crippen molar-refractivity contribution in [3.05, 3.63) is 29.6 Å². The van der Waals surface area contributed by atoms with Crippen LogP contribution in [0.25, 0.3) is 0 Å². The molecule has 4 nitrogen and oxygen atoms in total. The summed E-state index contributed by atoms with van der Waals surface area (Å²) in [5, 5.41) is 8.54. The second-order valence-corrected chi connectivity index (χ2v) is 5.16. The predicted molar refractivity (Wildman–Crippen MR) is 65.8 cm³/mol. The zero-order chi connectivity index (χ0) is 13.6. The highest BCUT2D eigenvalue weighted by Crippen LogP contribution is 2.15. The number of halogens is 1. The summed E-state index contributed by atoms with van der Waals surface area (Å²) in [6, 6.07) is 3.67. The van der Waals surface area contributed by atoms with Crippen molar-refractivity contribution in [3.8, 4) is 11.8 Å². The number of benzene rings is 1. The number of sulfonamides is 1. The molecule has 0 spiro atoms. The van der Waals surface area contributed by atoms with Crippen LogP contribution in [0.3, 0.4) is 0 Å². The highest BCUT2D eigenvalue weighted by molar-refractivity contribution is 7.89. The quantitative estimate of drug-likeness (QED) is 0.798. The van der Waals surface area contributed by atoms with E-state index in [0.717, 1.165) is 6.07 Å². The van der Waals surface area contributed by atoms with E-state index in [2.05, 4.69) is 16.6 Å². The lowest BCUT2D eigenvalue weighted by atomic mass is 10.2. The Hall–Kier alpha value is -1.42. The molecule has 0 fully saturated rings. The van der Waals surface area contributed by atoms with Gasteiger partial charge in [-0.25, -0.2) is 17.5 Å². The first kappa shape index (κ1) is 14.6. The molecular formula is C12H14FNO3S. The van der Waals surface area contributed by atoms with Gasteiger partial charge in [-0.1, -0.05) is 18.8 Å². The molecule has 0 radical (unpaired) electrons. The van der Waals surface area contributed by atoms with Gasteiger partial charge in [0.2, 0.25) is 10.0 Å². The first-order valence-corrected chi connectivity index (χ1v) is 6.88. The Labute approximate surface area is 106 Å². The number of nitrogens with one attached hydrogen (secondary N) is 1. The number of aliphatic hydroxyl groups is 1. The maximum absolute atomic E-state index is 13.6. The molecule has 0 heterocycles. The molecule has 6 heteroatoms. The fraction of sp³-hybridized carbons (Fsp3) is 0.333. The second-order valence-electron chi connectivity index (χ2n) is 3.42. The smallest absolute Gasteiger partial charge is 0.243 e. The lowest BCUT2D eigenvalue weighted by Crippen LogP contribution is -2.24. The van der Waals surface area contributed by atoms with Crippen LogP contribution in [0.4, 0.5) is 4.39 Å². The van der Waals surface area contributed by atoms with Gasteiger partial charge in [0.05, 0.1) is 6.61 Å². The molecule has 0 saturated carbocycles. The number of hydrogen-bond acceptors (Lipinski definition) is 3. The summed E-state index contributed by atoms with van der Waals surface area (Å²) in [6.45, 7) is 1.74. The average molecular weight is 271 g/mol. The molecule has 0 atom stereocenters. The second kappa shape index (κ2) is 6.50. The van der Waals surface area contributed by atoms with Crippen LogP contribution in [0.15, 0.2) is 23.1 Å². The van der Waals surface area contributed by atoms with Gasteiger partial charge >= 0.3 is 0 Å². The molecule has 0 unspecified atom stereocenters. The van der Waals surface area contributed by atoms with Crippen LogP contribution >= 0.6 is 0 Å². The van der Waals surface area contributed by atoms with Crippen molar-refractivity contribution in [1.82, 2.24) is 4.72 Å². The van der Waals surface area contributed by atoms with Gasteiger partial charge in [-0.2, -0.15) is 0 Å². The van der Waals surface area contributed by atoms with Gasteiger partial charge in [0.15, 0.2) is 0 Å². The normalized spacial score (nSPS) is 10.8. The van der Waals surface area contributed by atoms with Crippen LogP contribution in [0, 0.1) is 17.7 Å². The first-order valence-electron chi connectivity index (χ1n) is 5.40. The van der Waals surface area contributed by atoms with Crippen LogP contribution in [0.2, 0.25) is 0 Å². The number of rotatable bonds is 4. The summed E-state index contributed by atoms with van der Waals surface area (Å²) >= 11 is 0. The van der Waals surface area contributed by atoms with Crippen LogP contribution in [0.5, 0.6) is 0 Å². The summed E-state index contributed by atoms with van der Waals surface area (Å²) in [6.07, 6.45) is 0.291. The van der Waals surface area contributed by atoms with Crippen molar-refractivity contribution >= 4 is 10.0 Å². The molecule has 98 valence electrons. The van der Waals surface area contributed by atoms with E-state index in [9.17, 15) is 12.8 Å². The molecule has 0 aliphatic rings. The topological polar surface area (TPSA) is 66.4 Å². The maximum Gasteiger partial charge on any atom is 0.243 e. The Bertz CT molecular complexity index is 573. The highest BCUT2D eigenvalue weighted by atomic mass is 32.2. The molecule has 0 aliphatic heterocycles. The van der Waals surface area contributed by atoms with E-state index in [-0.39, 0.29) is 13.2 Å². The summed E-state index contributed by atoms with van der Waals surface area (Å²) in [7, 11) is -3.80. The Balaban J connectivity index is 3.05. The van der Waals surface area contributed by atoms with Gasteiger partial charge in [-0.15, -0.1) is 0 Å². The van der Waals surface area contributed by atoms with E-state index in [1.54, 1.807) is 6.92 Å². The Morgan fingerprint density at radius 2 is 2.17 bits per heavy atom. The third-order valence-electron chi connectivity index (χ3n) is 2.03. The fourth-order valence-electron chi connectivity index (χ4n) is 1.28.